The third-order valence-corrected chi connectivity index (χ3v) is 13.6. The number of methoxy groups -OCH3 is 1. The van der Waals surface area contributed by atoms with Gasteiger partial charge in [-0.3, -0.25) is 29.5 Å². The minimum Gasteiger partial charge on any atom is -0.503 e. The molecule has 0 unspecified atom stereocenters. The Bertz CT molecular complexity index is 2220. The normalized spacial score (nSPS) is 26.3. The first kappa shape index (κ1) is 35.5. The SMILES string of the molecule is COc1cc([C@H]2C3=CC[C@@H]4C(=O)N(Cc5ccccc5)C(=O)[C@@H]4[C@@H]3C[C@H]3C(=O)N(Nc4ccc(F)cc4)C(=O)[C@@]23c2ccc(Cl)cc2)c(Br)c(Br)c1O. The molecule has 4 aromatic carbocycles. The van der Waals surface area contributed by atoms with E-state index in [4.69, 9.17) is 16.3 Å². The summed E-state index contributed by atoms with van der Waals surface area (Å²) in [5.74, 6) is -6.21. The van der Waals surface area contributed by atoms with Crippen LogP contribution in [0.15, 0.2) is 106 Å². The van der Waals surface area contributed by atoms with Gasteiger partial charge in [-0.25, -0.2) is 4.39 Å². The molecule has 6 atom stereocenters. The molecule has 0 radical (unpaired) electrons. The molecule has 0 aromatic heterocycles. The molecular formula is C40H31Br2ClFN3O6. The van der Waals surface area contributed by atoms with Gasteiger partial charge in [-0.1, -0.05) is 65.7 Å². The number of benzene rings is 4. The summed E-state index contributed by atoms with van der Waals surface area (Å²) in [4.78, 5) is 60.0. The number of amides is 4. The zero-order valence-corrected chi connectivity index (χ0v) is 32.0. The average Bonchev–Trinajstić information content (AvgIpc) is 3.53. The molecule has 4 aromatic rings. The first-order valence-corrected chi connectivity index (χ1v) is 18.9. The Hall–Kier alpha value is -4.52. The number of carbonyl (C=O) groups is 4. The van der Waals surface area contributed by atoms with Crippen molar-refractivity contribution in [1.82, 2.24) is 9.91 Å². The second-order valence-corrected chi connectivity index (χ2v) is 15.8. The molecule has 8 rings (SSSR count). The summed E-state index contributed by atoms with van der Waals surface area (Å²) < 4.78 is 20.2. The highest BCUT2D eigenvalue weighted by Gasteiger charge is 2.70. The van der Waals surface area contributed by atoms with Gasteiger partial charge in [0, 0.05) is 15.4 Å². The Balaban J connectivity index is 1.34. The van der Waals surface area contributed by atoms with Crippen molar-refractivity contribution in [3.05, 3.63) is 133 Å². The van der Waals surface area contributed by atoms with Gasteiger partial charge in [-0.05, 0) is 110 Å². The number of nitrogens with zero attached hydrogens (tertiary/aromatic N) is 2. The molecule has 2 aliphatic heterocycles. The molecule has 2 N–H and O–H groups in total. The predicted octanol–water partition coefficient (Wildman–Crippen LogP) is 7.90. The van der Waals surface area contributed by atoms with Crippen LogP contribution in [0.5, 0.6) is 11.5 Å². The molecule has 0 bridgehead atoms. The third kappa shape index (κ3) is 5.43. The van der Waals surface area contributed by atoms with Gasteiger partial charge in [-0.15, -0.1) is 0 Å². The van der Waals surface area contributed by atoms with Gasteiger partial charge in [0.05, 0.1) is 47.0 Å². The summed E-state index contributed by atoms with van der Waals surface area (Å²) in [6, 6.07) is 23.0. The van der Waals surface area contributed by atoms with Crippen molar-refractivity contribution in [2.24, 2.45) is 23.7 Å². The van der Waals surface area contributed by atoms with E-state index in [1.54, 1.807) is 30.3 Å². The fraction of sp³-hybridized carbons (Fsp3) is 0.250. The molecule has 2 aliphatic carbocycles. The molecule has 3 fully saturated rings. The number of hydrogen-bond donors (Lipinski definition) is 2. The summed E-state index contributed by atoms with van der Waals surface area (Å²) in [6.07, 6.45) is 2.29. The van der Waals surface area contributed by atoms with E-state index in [9.17, 15) is 23.9 Å². The van der Waals surface area contributed by atoms with Crippen molar-refractivity contribution in [1.29, 1.82) is 0 Å². The van der Waals surface area contributed by atoms with E-state index in [0.717, 1.165) is 16.1 Å². The number of aromatic hydroxyl groups is 1. The molecule has 9 nitrogen and oxygen atoms in total. The van der Waals surface area contributed by atoms with Crippen LogP contribution in [0, 0.1) is 29.5 Å². The van der Waals surface area contributed by atoms with Crippen LogP contribution < -0.4 is 10.2 Å². The van der Waals surface area contributed by atoms with Crippen molar-refractivity contribution in [2.45, 2.75) is 30.7 Å². The van der Waals surface area contributed by atoms with E-state index >= 15 is 4.79 Å². The van der Waals surface area contributed by atoms with Crippen LogP contribution in [0.2, 0.25) is 5.02 Å². The van der Waals surface area contributed by atoms with Gasteiger partial charge < -0.3 is 9.84 Å². The summed E-state index contributed by atoms with van der Waals surface area (Å²) in [5.41, 5.74) is 4.22. The van der Waals surface area contributed by atoms with Crippen LogP contribution in [-0.4, -0.2) is 45.8 Å². The lowest BCUT2D eigenvalue weighted by Gasteiger charge is -2.51. The molecule has 0 spiro atoms. The standard InChI is InChI=1S/C40H31Br2ClFN3O6/c1-53-30-18-28(33(41)34(42)35(30)48)32-25-15-16-26-31(38(51)46(36(26)49)19-20-5-3-2-4-6-20)27(25)17-29-37(50)47(45-24-13-11-23(44)12-14-24)39(52)40(29,32)21-7-9-22(43)10-8-21/h2-15,18,26-27,29,31-32,45,48H,16-17,19H2,1H3/t26-,27+,29-,31-,32+,40+/m0/s1. The maximum atomic E-state index is 15.4. The topological polar surface area (TPSA) is 116 Å². The molecule has 1 saturated carbocycles. The fourth-order valence-electron chi connectivity index (χ4n) is 8.96. The van der Waals surface area contributed by atoms with Crippen LogP contribution in [0.3, 0.4) is 0 Å². The highest BCUT2D eigenvalue weighted by molar-refractivity contribution is 9.13. The number of hydrogen-bond acceptors (Lipinski definition) is 7. The van der Waals surface area contributed by atoms with Crippen LogP contribution in [0.4, 0.5) is 10.1 Å². The number of carbonyl (C=O) groups excluding carboxylic acids is 4. The first-order chi connectivity index (χ1) is 25.5. The van der Waals surface area contributed by atoms with Gasteiger partial charge in [-0.2, -0.15) is 5.01 Å². The Morgan fingerprint density at radius 2 is 1.62 bits per heavy atom. The summed E-state index contributed by atoms with van der Waals surface area (Å²) in [5, 5.41) is 12.4. The van der Waals surface area contributed by atoms with Crippen molar-refractivity contribution < 1.29 is 33.4 Å². The second kappa shape index (κ2) is 13.4. The zero-order chi connectivity index (χ0) is 37.3. The maximum Gasteiger partial charge on any atom is 0.260 e. The van der Waals surface area contributed by atoms with Crippen LogP contribution in [0.1, 0.15) is 35.4 Å². The number of anilines is 1. The van der Waals surface area contributed by atoms with Crippen LogP contribution in [0.25, 0.3) is 0 Å². The van der Waals surface area contributed by atoms with Crippen molar-refractivity contribution in [3.63, 3.8) is 0 Å². The largest absolute Gasteiger partial charge is 0.503 e. The quantitative estimate of drug-likeness (QED) is 0.143. The minimum absolute atomic E-state index is 0.0878. The number of imide groups is 2. The number of rotatable bonds is 7. The van der Waals surface area contributed by atoms with Crippen LogP contribution in [-0.2, 0) is 31.1 Å². The smallest absolute Gasteiger partial charge is 0.260 e. The van der Waals surface area contributed by atoms with Crippen molar-refractivity contribution in [3.8, 4) is 11.5 Å². The van der Waals surface area contributed by atoms with Crippen molar-refractivity contribution >= 4 is 72.8 Å². The van der Waals surface area contributed by atoms with Crippen molar-refractivity contribution in [2.75, 3.05) is 12.5 Å². The van der Waals surface area contributed by atoms with Gasteiger partial charge >= 0.3 is 0 Å². The molecular weight excluding hydrogens is 833 g/mol. The number of hydrazine groups is 1. The van der Waals surface area contributed by atoms with Gasteiger partial charge in [0.1, 0.15) is 5.82 Å². The minimum atomic E-state index is -1.61. The number of likely N-dealkylation sites (tertiary alicyclic amines) is 1. The number of allylic oxidation sites excluding steroid dienone is 2. The Morgan fingerprint density at radius 3 is 2.30 bits per heavy atom. The van der Waals surface area contributed by atoms with Gasteiger partial charge in [0.15, 0.2) is 11.5 Å². The predicted molar refractivity (Wildman–Crippen MR) is 201 cm³/mol. The fourth-order valence-corrected chi connectivity index (χ4v) is 10.0. The highest BCUT2D eigenvalue weighted by atomic mass is 79.9. The van der Waals surface area contributed by atoms with E-state index in [2.05, 4.69) is 37.3 Å². The Labute approximate surface area is 326 Å². The molecule has 2 saturated heterocycles. The number of fused-ring (bicyclic) bond motifs is 4. The summed E-state index contributed by atoms with van der Waals surface area (Å²) in [6.45, 7) is 0.121. The third-order valence-electron chi connectivity index (χ3n) is 11.2. The molecule has 13 heteroatoms. The number of halogens is 4. The number of ether oxygens (including phenoxy) is 1. The van der Waals surface area contributed by atoms with E-state index in [0.29, 0.717) is 26.3 Å². The first-order valence-electron chi connectivity index (χ1n) is 17.0. The average molecular weight is 864 g/mol. The molecule has 270 valence electrons. The zero-order valence-electron chi connectivity index (χ0n) is 28.1. The lowest BCUT2D eigenvalue weighted by Crippen LogP contribution is -2.53. The molecule has 53 heavy (non-hydrogen) atoms. The monoisotopic (exact) mass is 861 g/mol. The number of nitrogens with one attached hydrogen (secondary N) is 1. The number of phenols is 1. The molecule has 4 aliphatic rings. The van der Waals surface area contributed by atoms with E-state index in [-0.39, 0.29) is 47.2 Å². The van der Waals surface area contributed by atoms with Gasteiger partial charge in [0.25, 0.3) is 11.8 Å². The highest BCUT2D eigenvalue weighted by Crippen LogP contribution is 2.65. The Morgan fingerprint density at radius 1 is 0.925 bits per heavy atom. The number of phenolic OH excluding ortho intramolecular Hbond substituents is 1. The lowest BCUT2D eigenvalue weighted by molar-refractivity contribution is -0.142. The maximum absolute atomic E-state index is 15.4. The Kier molecular flexibility index (Phi) is 8.98. The van der Waals surface area contributed by atoms with E-state index in [1.165, 1.54) is 36.3 Å². The molecule has 2 heterocycles. The van der Waals surface area contributed by atoms with E-state index < -0.39 is 52.6 Å². The van der Waals surface area contributed by atoms with E-state index in [1.807, 2.05) is 36.4 Å². The van der Waals surface area contributed by atoms with Gasteiger partial charge in [0.2, 0.25) is 11.8 Å². The lowest BCUT2D eigenvalue weighted by atomic mass is 9.49. The summed E-state index contributed by atoms with van der Waals surface area (Å²) >= 11 is 13.6. The second-order valence-electron chi connectivity index (χ2n) is 13.8. The molecule has 4 amide bonds. The summed E-state index contributed by atoms with van der Waals surface area (Å²) in [7, 11) is 1.41. The van der Waals surface area contributed by atoms with Crippen LogP contribution >= 0.6 is 43.5 Å².